The number of halogens is 3. The van der Waals surface area contributed by atoms with Crippen LogP contribution in [0.15, 0.2) is 36.4 Å². The fraction of sp³-hybridized carbons (Fsp3) is 0.294. The first-order valence-electron chi connectivity index (χ1n) is 7.80. The number of nitrogens with zero attached hydrogens (tertiary/aromatic N) is 3. The van der Waals surface area contributed by atoms with Gasteiger partial charge in [0.25, 0.3) is 0 Å². The van der Waals surface area contributed by atoms with Crippen LogP contribution in [0.2, 0.25) is 5.15 Å². The Kier molecular flexibility index (Phi) is 4.06. The number of aliphatic hydroxyl groups is 1. The van der Waals surface area contributed by atoms with Gasteiger partial charge in [0.15, 0.2) is 5.65 Å². The van der Waals surface area contributed by atoms with Crippen molar-refractivity contribution < 1.29 is 23.4 Å². The summed E-state index contributed by atoms with van der Waals surface area (Å²) in [4.78, 5) is 4.44. The van der Waals surface area contributed by atoms with E-state index in [9.17, 15) is 13.9 Å². The molecule has 3 heterocycles. The monoisotopic (exact) mass is 381 g/mol. The van der Waals surface area contributed by atoms with E-state index in [4.69, 9.17) is 16.3 Å². The standard InChI is InChI=1S/C17H14ClF2N3O3/c1-17(24)8-25-14(9-4-2-3-5-10(9)26-16(19)20)13-15(17)21-12-7-6-11(18)22-23(12)13/h2-7,14,16,24H,8H2,1H3. The molecule has 0 saturated heterocycles. The van der Waals surface area contributed by atoms with Crippen molar-refractivity contribution >= 4 is 17.2 Å². The van der Waals surface area contributed by atoms with Crippen molar-refractivity contribution in [3.63, 3.8) is 0 Å². The maximum Gasteiger partial charge on any atom is 0.387 e. The lowest BCUT2D eigenvalue weighted by atomic mass is 9.93. The largest absolute Gasteiger partial charge is 0.434 e. The lowest BCUT2D eigenvalue weighted by Crippen LogP contribution is -2.36. The number of benzene rings is 1. The normalized spacial score (nSPS) is 22.6. The van der Waals surface area contributed by atoms with Crippen molar-refractivity contribution in [1.82, 2.24) is 14.6 Å². The lowest BCUT2D eigenvalue weighted by Gasteiger charge is -2.33. The van der Waals surface area contributed by atoms with Gasteiger partial charge in [-0.3, -0.25) is 0 Å². The first-order chi connectivity index (χ1) is 12.4. The average Bonchev–Trinajstić information content (AvgIpc) is 2.96. The zero-order chi connectivity index (χ0) is 18.5. The summed E-state index contributed by atoms with van der Waals surface area (Å²) in [6.07, 6.45) is -0.804. The number of fused-ring (bicyclic) bond motifs is 3. The molecule has 0 fully saturated rings. The van der Waals surface area contributed by atoms with Crippen LogP contribution in [0.4, 0.5) is 8.78 Å². The Bertz CT molecular complexity index is 977. The minimum atomic E-state index is -2.97. The Hall–Kier alpha value is -2.29. The van der Waals surface area contributed by atoms with Crippen molar-refractivity contribution in [2.24, 2.45) is 0 Å². The van der Waals surface area contributed by atoms with Gasteiger partial charge in [-0.2, -0.15) is 13.9 Å². The highest BCUT2D eigenvalue weighted by Crippen LogP contribution is 2.42. The van der Waals surface area contributed by atoms with Gasteiger partial charge in [0.05, 0.1) is 6.61 Å². The van der Waals surface area contributed by atoms with E-state index in [0.717, 1.165) is 0 Å². The van der Waals surface area contributed by atoms with Gasteiger partial charge in [-0.05, 0) is 25.1 Å². The van der Waals surface area contributed by atoms with Crippen LogP contribution in [0.1, 0.15) is 30.0 Å². The number of ether oxygens (including phenoxy) is 2. The lowest BCUT2D eigenvalue weighted by molar-refractivity contribution is -0.0837. The number of hydrogen-bond donors (Lipinski definition) is 1. The van der Waals surface area contributed by atoms with E-state index in [0.29, 0.717) is 22.6 Å². The molecule has 0 aliphatic carbocycles. The molecule has 2 atom stereocenters. The summed E-state index contributed by atoms with van der Waals surface area (Å²) in [5, 5.41) is 15.1. The molecule has 2 unspecified atom stereocenters. The SMILES string of the molecule is CC1(O)COC(c2ccccc2OC(F)F)c2c1nc1ccc(Cl)nn21. The number of aromatic nitrogens is 3. The van der Waals surface area contributed by atoms with Crippen molar-refractivity contribution in [3.8, 4) is 5.75 Å². The molecule has 0 radical (unpaired) electrons. The average molecular weight is 382 g/mol. The van der Waals surface area contributed by atoms with E-state index < -0.39 is 18.3 Å². The molecule has 0 saturated carbocycles. The molecule has 1 aliphatic heterocycles. The van der Waals surface area contributed by atoms with Crippen LogP contribution in [0.25, 0.3) is 5.65 Å². The minimum absolute atomic E-state index is 0.0167. The highest BCUT2D eigenvalue weighted by Gasteiger charge is 2.41. The molecule has 136 valence electrons. The van der Waals surface area contributed by atoms with E-state index in [1.165, 1.54) is 10.6 Å². The fourth-order valence-corrected chi connectivity index (χ4v) is 3.23. The molecule has 0 bridgehead atoms. The Morgan fingerprint density at radius 1 is 1.35 bits per heavy atom. The van der Waals surface area contributed by atoms with E-state index in [-0.39, 0.29) is 17.5 Å². The molecule has 1 aromatic carbocycles. The first-order valence-corrected chi connectivity index (χ1v) is 8.18. The van der Waals surface area contributed by atoms with Gasteiger partial charge < -0.3 is 14.6 Å². The maximum atomic E-state index is 12.8. The third-order valence-electron chi connectivity index (χ3n) is 4.19. The number of hydrogen-bond acceptors (Lipinski definition) is 5. The predicted octanol–water partition coefficient (Wildman–Crippen LogP) is 3.31. The molecule has 0 spiro atoms. The van der Waals surface area contributed by atoms with Crippen LogP contribution < -0.4 is 4.74 Å². The Labute approximate surface area is 151 Å². The van der Waals surface area contributed by atoms with Crippen LogP contribution >= 0.6 is 11.6 Å². The summed E-state index contributed by atoms with van der Waals surface area (Å²) >= 11 is 6.00. The van der Waals surface area contributed by atoms with Gasteiger partial charge in [-0.15, -0.1) is 0 Å². The summed E-state index contributed by atoms with van der Waals surface area (Å²) in [5.74, 6) is -0.0167. The molecule has 26 heavy (non-hydrogen) atoms. The number of rotatable bonds is 3. The quantitative estimate of drug-likeness (QED) is 0.753. The Balaban J connectivity index is 1.94. The number of para-hydroxylation sites is 1. The second kappa shape index (κ2) is 6.15. The van der Waals surface area contributed by atoms with E-state index in [1.54, 1.807) is 37.3 Å². The van der Waals surface area contributed by atoms with Crippen LogP contribution in [-0.2, 0) is 10.3 Å². The van der Waals surface area contributed by atoms with Gasteiger partial charge in [-0.25, -0.2) is 9.50 Å². The highest BCUT2D eigenvalue weighted by atomic mass is 35.5. The third kappa shape index (κ3) is 2.80. The molecule has 0 amide bonds. The maximum absolute atomic E-state index is 12.8. The molecule has 6 nitrogen and oxygen atoms in total. The fourth-order valence-electron chi connectivity index (χ4n) is 3.09. The zero-order valence-corrected chi connectivity index (χ0v) is 14.3. The second-order valence-electron chi connectivity index (χ2n) is 6.15. The molecule has 2 aromatic heterocycles. The van der Waals surface area contributed by atoms with Gasteiger partial charge in [0, 0.05) is 5.56 Å². The smallest absolute Gasteiger partial charge is 0.387 e. The molecular formula is C17H14ClF2N3O3. The Morgan fingerprint density at radius 2 is 2.12 bits per heavy atom. The second-order valence-corrected chi connectivity index (χ2v) is 6.54. The topological polar surface area (TPSA) is 68.9 Å². The highest BCUT2D eigenvalue weighted by molar-refractivity contribution is 6.29. The molecule has 4 rings (SSSR count). The molecule has 3 aromatic rings. The van der Waals surface area contributed by atoms with Gasteiger partial charge in [0.1, 0.15) is 34.0 Å². The molecule has 9 heteroatoms. The first kappa shape index (κ1) is 17.1. The number of alkyl halides is 2. The predicted molar refractivity (Wildman–Crippen MR) is 88.4 cm³/mol. The number of imidazole rings is 1. The Morgan fingerprint density at radius 3 is 2.88 bits per heavy atom. The van der Waals surface area contributed by atoms with Crippen molar-refractivity contribution in [1.29, 1.82) is 0 Å². The summed E-state index contributed by atoms with van der Waals surface area (Å²) in [6.45, 7) is -1.47. The zero-order valence-electron chi connectivity index (χ0n) is 13.6. The third-order valence-corrected chi connectivity index (χ3v) is 4.39. The summed E-state index contributed by atoms with van der Waals surface area (Å²) < 4.78 is 37.5. The minimum Gasteiger partial charge on any atom is -0.434 e. The van der Waals surface area contributed by atoms with E-state index in [2.05, 4.69) is 14.8 Å². The van der Waals surface area contributed by atoms with Crippen LogP contribution in [0.5, 0.6) is 5.75 Å². The van der Waals surface area contributed by atoms with Crippen LogP contribution in [-0.4, -0.2) is 32.9 Å². The molecular weight excluding hydrogens is 368 g/mol. The van der Waals surface area contributed by atoms with Crippen molar-refractivity contribution in [2.45, 2.75) is 25.2 Å². The van der Waals surface area contributed by atoms with Crippen LogP contribution in [0, 0.1) is 0 Å². The van der Waals surface area contributed by atoms with Gasteiger partial charge in [-0.1, -0.05) is 29.8 Å². The summed E-state index contributed by atoms with van der Waals surface area (Å²) in [5.41, 5.74) is 0.264. The summed E-state index contributed by atoms with van der Waals surface area (Å²) in [7, 11) is 0. The van der Waals surface area contributed by atoms with E-state index >= 15 is 0 Å². The van der Waals surface area contributed by atoms with Gasteiger partial charge in [0.2, 0.25) is 0 Å². The van der Waals surface area contributed by atoms with Crippen LogP contribution in [0.3, 0.4) is 0 Å². The van der Waals surface area contributed by atoms with Gasteiger partial charge >= 0.3 is 6.61 Å². The van der Waals surface area contributed by atoms with E-state index in [1.807, 2.05) is 0 Å². The van der Waals surface area contributed by atoms with Crippen molar-refractivity contribution in [2.75, 3.05) is 6.61 Å². The summed E-state index contributed by atoms with van der Waals surface area (Å²) in [6, 6.07) is 9.56. The van der Waals surface area contributed by atoms with Crippen molar-refractivity contribution in [3.05, 3.63) is 58.5 Å². The molecule has 1 N–H and O–H groups in total. The molecule has 1 aliphatic rings.